The van der Waals surface area contributed by atoms with Crippen molar-refractivity contribution in [1.29, 1.82) is 0 Å². The highest BCUT2D eigenvalue weighted by Crippen LogP contribution is 2.28. The van der Waals surface area contributed by atoms with E-state index in [2.05, 4.69) is 10.0 Å². The normalized spacial score (nSPS) is 11.2. The summed E-state index contributed by atoms with van der Waals surface area (Å²) in [6, 6.07) is 22.2. The quantitative estimate of drug-likeness (QED) is 0.362. The molecule has 0 unspecified atom stereocenters. The van der Waals surface area contributed by atoms with E-state index in [0.717, 1.165) is 10.8 Å². The highest BCUT2D eigenvalue weighted by atomic mass is 35.5. The Morgan fingerprint density at radius 3 is 2.24 bits per heavy atom. The summed E-state index contributed by atoms with van der Waals surface area (Å²) in [5.74, 6) is 0.0902. The van der Waals surface area contributed by atoms with Gasteiger partial charge < -0.3 is 10.1 Å². The van der Waals surface area contributed by atoms with Gasteiger partial charge in [-0.15, -0.1) is 0 Å². The molecular formula is C25H21ClN2O4S. The van der Waals surface area contributed by atoms with Gasteiger partial charge in [-0.1, -0.05) is 41.9 Å². The van der Waals surface area contributed by atoms with E-state index in [-0.39, 0.29) is 10.8 Å². The Morgan fingerprint density at radius 2 is 1.58 bits per heavy atom. The Kier molecular flexibility index (Phi) is 6.26. The average molecular weight is 481 g/mol. The van der Waals surface area contributed by atoms with Crippen LogP contribution < -0.4 is 14.8 Å². The minimum Gasteiger partial charge on any atom is -0.496 e. The molecule has 0 radical (unpaired) electrons. The third-order valence-electron chi connectivity index (χ3n) is 5.25. The number of fused-ring (bicyclic) bond motifs is 1. The van der Waals surface area contributed by atoms with E-state index >= 15 is 0 Å². The minimum atomic E-state index is -3.83. The molecule has 168 valence electrons. The van der Waals surface area contributed by atoms with Crippen LogP contribution in [0.3, 0.4) is 0 Å². The van der Waals surface area contributed by atoms with Gasteiger partial charge in [0.05, 0.1) is 23.3 Å². The lowest BCUT2D eigenvalue weighted by molar-refractivity contribution is 0.102. The number of hydrogen-bond donors (Lipinski definition) is 2. The van der Waals surface area contributed by atoms with Crippen molar-refractivity contribution >= 4 is 49.7 Å². The SMILES string of the molecule is COc1cc2ccccc2cc1C(=O)Nc1ccc(S(=O)(=O)Nc2cccc(Cl)c2C)cc1. The first kappa shape index (κ1) is 22.6. The highest BCUT2D eigenvalue weighted by Gasteiger charge is 2.17. The monoisotopic (exact) mass is 480 g/mol. The highest BCUT2D eigenvalue weighted by molar-refractivity contribution is 7.92. The number of nitrogens with one attached hydrogen (secondary N) is 2. The van der Waals surface area contributed by atoms with E-state index in [0.29, 0.717) is 33.3 Å². The number of halogens is 1. The predicted molar refractivity (Wildman–Crippen MR) is 132 cm³/mol. The molecule has 6 nitrogen and oxygen atoms in total. The van der Waals surface area contributed by atoms with Crippen LogP contribution in [0.2, 0.25) is 5.02 Å². The maximum atomic E-state index is 12.9. The van der Waals surface area contributed by atoms with Gasteiger partial charge in [0.15, 0.2) is 0 Å². The summed E-state index contributed by atoms with van der Waals surface area (Å²) in [7, 11) is -2.32. The zero-order valence-electron chi connectivity index (χ0n) is 17.9. The number of hydrogen-bond acceptors (Lipinski definition) is 4. The van der Waals surface area contributed by atoms with Crippen LogP contribution in [0, 0.1) is 6.92 Å². The van der Waals surface area contributed by atoms with Gasteiger partial charge in [-0.05, 0) is 71.8 Å². The summed E-state index contributed by atoms with van der Waals surface area (Å²) >= 11 is 6.08. The third-order valence-corrected chi connectivity index (χ3v) is 7.04. The first-order chi connectivity index (χ1) is 15.8. The lowest BCUT2D eigenvalue weighted by Gasteiger charge is -2.13. The van der Waals surface area contributed by atoms with Gasteiger partial charge >= 0.3 is 0 Å². The van der Waals surface area contributed by atoms with E-state index in [1.54, 1.807) is 31.2 Å². The third kappa shape index (κ3) is 4.79. The molecule has 1 amide bonds. The largest absolute Gasteiger partial charge is 0.496 e. The van der Waals surface area contributed by atoms with E-state index in [1.165, 1.54) is 31.4 Å². The topological polar surface area (TPSA) is 84.5 Å². The number of sulfonamides is 1. The number of carbonyl (C=O) groups excluding carboxylic acids is 1. The number of benzene rings is 4. The van der Waals surface area contributed by atoms with Crippen molar-refractivity contribution in [2.45, 2.75) is 11.8 Å². The molecule has 2 N–H and O–H groups in total. The standard InChI is InChI=1S/C25H21ClN2O4S/c1-16-22(26)8-5-9-23(16)28-33(30,31)20-12-10-19(11-13-20)27-25(29)21-14-17-6-3-4-7-18(17)15-24(21)32-2/h3-15,28H,1-2H3,(H,27,29). The van der Waals surface area contributed by atoms with Crippen molar-refractivity contribution in [2.24, 2.45) is 0 Å². The summed E-state index contributed by atoms with van der Waals surface area (Å²) in [6.07, 6.45) is 0. The summed E-state index contributed by atoms with van der Waals surface area (Å²) in [5.41, 5.74) is 1.87. The van der Waals surface area contributed by atoms with Crippen LogP contribution in [0.5, 0.6) is 5.75 Å². The van der Waals surface area contributed by atoms with E-state index < -0.39 is 10.0 Å². The zero-order valence-corrected chi connectivity index (χ0v) is 19.5. The molecule has 0 aliphatic heterocycles. The van der Waals surface area contributed by atoms with Crippen LogP contribution >= 0.6 is 11.6 Å². The molecule has 0 atom stereocenters. The molecule has 0 spiro atoms. The van der Waals surface area contributed by atoms with Crippen LogP contribution in [0.4, 0.5) is 11.4 Å². The fraction of sp³-hybridized carbons (Fsp3) is 0.0800. The van der Waals surface area contributed by atoms with Gasteiger partial charge in [-0.3, -0.25) is 9.52 Å². The van der Waals surface area contributed by atoms with Crippen molar-refractivity contribution in [2.75, 3.05) is 17.1 Å². The van der Waals surface area contributed by atoms with Crippen molar-refractivity contribution in [3.05, 3.63) is 95.0 Å². The fourth-order valence-corrected chi connectivity index (χ4v) is 4.70. The van der Waals surface area contributed by atoms with E-state index in [1.807, 2.05) is 30.3 Å². The van der Waals surface area contributed by atoms with Crippen molar-refractivity contribution in [3.63, 3.8) is 0 Å². The van der Waals surface area contributed by atoms with Gasteiger partial charge in [0.2, 0.25) is 0 Å². The molecule has 0 heterocycles. The number of rotatable bonds is 6. The van der Waals surface area contributed by atoms with Crippen LogP contribution in [0.15, 0.2) is 83.8 Å². The second-order valence-electron chi connectivity index (χ2n) is 7.40. The first-order valence-electron chi connectivity index (χ1n) is 10.0. The molecular weight excluding hydrogens is 460 g/mol. The molecule has 0 saturated heterocycles. The van der Waals surface area contributed by atoms with Crippen LogP contribution in [-0.4, -0.2) is 21.4 Å². The molecule has 0 saturated carbocycles. The number of methoxy groups -OCH3 is 1. The molecule has 0 bridgehead atoms. The minimum absolute atomic E-state index is 0.0585. The number of carbonyl (C=O) groups is 1. The molecule has 4 aromatic rings. The van der Waals surface area contributed by atoms with Crippen LogP contribution in [0.25, 0.3) is 10.8 Å². The Hall–Kier alpha value is -3.55. The van der Waals surface area contributed by atoms with Gasteiger partial charge in [-0.25, -0.2) is 8.42 Å². The number of amides is 1. The van der Waals surface area contributed by atoms with E-state index in [4.69, 9.17) is 16.3 Å². The predicted octanol–water partition coefficient (Wildman–Crippen LogP) is 5.86. The molecule has 0 fully saturated rings. The van der Waals surface area contributed by atoms with Gasteiger partial charge in [0.25, 0.3) is 15.9 Å². The summed E-state index contributed by atoms with van der Waals surface area (Å²) in [6.45, 7) is 1.74. The summed E-state index contributed by atoms with van der Waals surface area (Å²) in [5, 5.41) is 5.13. The molecule has 0 aliphatic carbocycles. The van der Waals surface area contributed by atoms with Gasteiger partial charge in [0, 0.05) is 10.7 Å². The molecule has 0 aromatic heterocycles. The Morgan fingerprint density at radius 1 is 0.909 bits per heavy atom. The second kappa shape index (κ2) is 9.13. The van der Waals surface area contributed by atoms with Crippen LogP contribution in [0.1, 0.15) is 15.9 Å². The Balaban J connectivity index is 1.55. The zero-order chi connectivity index (χ0) is 23.6. The molecule has 33 heavy (non-hydrogen) atoms. The maximum absolute atomic E-state index is 12.9. The smallest absolute Gasteiger partial charge is 0.261 e. The lowest BCUT2D eigenvalue weighted by Crippen LogP contribution is -2.15. The van der Waals surface area contributed by atoms with Gasteiger partial charge in [-0.2, -0.15) is 0 Å². The van der Waals surface area contributed by atoms with Crippen molar-refractivity contribution in [1.82, 2.24) is 0 Å². The Labute approximate surface area is 197 Å². The first-order valence-corrected chi connectivity index (χ1v) is 11.9. The Bertz CT molecular complexity index is 1450. The van der Waals surface area contributed by atoms with Crippen molar-refractivity contribution < 1.29 is 17.9 Å². The molecule has 4 aromatic carbocycles. The molecule has 0 aliphatic rings. The second-order valence-corrected chi connectivity index (χ2v) is 9.49. The van der Waals surface area contributed by atoms with E-state index in [9.17, 15) is 13.2 Å². The van der Waals surface area contributed by atoms with Crippen molar-refractivity contribution in [3.8, 4) is 5.75 Å². The average Bonchev–Trinajstić information content (AvgIpc) is 2.81. The maximum Gasteiger partial charge on any atom is 0.261 e. The number of anilines is 2. The van der Waals surface area contributed by atoms with Crippen LogP contribution in [-0.2, 0) is 10.0 Å². The molecule has 4 rings (SSSR count). The molecule has 8 heteroatoms. The fourth-order valence-electron chi connectivity index (χ4n) is 3.40. The summed E-state index contributed by atoms with van der Waals surface area (Å²) < 4.78 is 33.5. The number of ether oxygens (including phenoxy) is 1. The summed E-state index contributed by atoms with van der Waals surface area (Å²) in [4.78, 5) is 13.0. The lowest BCUT2D eigenvalue weighted by atomic mass is 10.1. The van der Waals surface area contributed by atoms with Gasteiger partial charge in [0.1, 0.15) is 5.75 Å².